The van der Waals surface area contributed by atoms with E-state index in [1.165, 1.54) is 0 Å². The van der Waals surface area contributed by atoms with E-state index in [9.17, 15) is 9.59 Å². The van der Waals surface area contributed by atoms with E-state index in [0.717, 1.165) is 11.1 Å². The van der Waals surface area contributed by atoms with Gasteiger partial charge in [0, 0.05) is 10.9 Å². The van der Waals surface area contributed by atoms with Crippen LogP contribution in [-0.4, -0.2) is 42.5 Å². The van der Waals surface area contributed by atoms with E-state index in [1.54, 1.807) is 0 Å². The van der Waals surface area contributed by atoms with Crippen molar-refractivity contribution >= 4 is 24.6 Å². The molecule has 3 aliphatic rings. The fourth-order valence-electron chi connectivity index (χ4n) is 5.21. The summed E-state index contributed by atoms with van der Waals surface area (Å²) >= 11 is 0. The molecule has 0 bridgehead atoms. The van der Waals surface area contributed by atoms with Crippen molar-refractivity contribution < 1.29 is 28.4 Å². The van der Waals surface area contributed by atoms with Gasteiger partial charge in [-0.05, 0) is 85.8 Å². The molecule has 2 fully saturated rings. The van der Waals surface area contributed by atoms with Crippen LogP contribution in [0.15, 0.2) is 48.1 Å². The van der Waals surface area contributed by atoms with E-state index in [-0.39, 0.29) is 19.0 Å². The Kier molecular flexibility index (Phi) is 6.58. The molecule has 1 heterocycles. The Labute approximate surface area is 215 Å². The largest absolute Gasteiger partial charge is 0.470 e. The van der Waals surface area contributed by atoms with Crippen LogP contribution in [0, 0.1) is 5.41 Å². The standard InChI is InChI=1S/C29H39BO6/c1-9-33-24(32)28(17-18-28)29(30-35-26(5,6)27(7,8)36-30)16-15-21(20-13-11-10-12-14-20)22(19-29)23(31)34-25(2,3)4/h10-16H,9,17-19H2,1-8H3. The van der Waals surface area contributed by atoms with Crippen molar-refractivity contribution in [1.29, 1.82) is 0 Å². The normalized spacial score (nSPS) is 26.1. The highest BCUT2D eigenvalue weighted by molar-refractivity contribution is 6.52. The number of esters is 2. The fraction of sp³-hybridized carbons (Fsp3) is 0.586. The van der Waals surface area contributed by atoms with Crippen molar-refractivity contribution in [3.8, 4) is 0 Å². The minimum Gasteiger partial charge on any atom is -0.466 e. The summed E-state index contributed by atoms with van der Waals surface area (Å²) in [5.74, 6) is -0.665. The lowest BCUT2D eigenvalue weighted by Gasteiger charge is -2.42. The van der Waals surface area contributed by atoms with E-state index in [1.807, 2.05) is 97.9 Å². The number of allylic oxidation sites excluding steroid dienone is 3. The summed E-state index contributed by atoms with van der Waals surface area (Å²) < 4.78 is 24.6. The smallest absolute Gasteiger partial charge is 0.466 e. The molecule has 7 heteroatoms. The Morgan fingerprint density at radius 2 is 1.58 bits per heavy atom. The van der Waals surface area contributed by atoms with Crippen molar-refractivity contribution in [1.82, 2.24) is 0 Å². The third kappa shape index (κ3) is 4.45. The lowest BCUT2D eigenvalue weighted by Crippen LogP contribution is -2.47. The third-order valence-corrected chi connectivity index (χ3v) is 8.05. The summed E-state index contributed by atoms with van der Waals surface area (Å²) in [7, 11) is -0.736. The van der Waals surface area contributed by atoms with Crippen LogP contribution in [0.4, 0.5) is 0 Å². The van der Waals surface area contributed by atoms with Crippen LogP contribution in [0.2, 0.25) is 5.31 Å². The summed E-state index contributed by atoms with van der Waals surface area (Å²) in [5, 5.41) is -0.922. The van der Waals surface area contributed by atoms with Crippen LogP contribution < -0.4 is 0 Å². The molecule has 1 aliphatic heterocycles. The summed E-state index contributed by atoms with van der Waals surface area (Å²) in [5.41, 5.74) is -0.481. The van der Waals surface area contributed by atoms with Crippen molar-refractivity contribution in [3.05, 3.63) is 53.6 Å². The first-order valence-electron chi connectivity index (χ1n) is 12.9. The van der Waals surface area contributed by atoms with Crippen molar-refractivity contribution in [2.75, 3.05) is 6.61 Å². The molecule has 1 aromatic carbocycles. The van der Waals surface area contributed by atoms with Crippen molar-refractivity contribution in [2.45, 2.75) is 96.8 Å². The topological polar surface area (TPSA) is 71.1 Å². The molecule has 36 heavy (non-hydrogen) atoms. The highest BCUT2D eigenvalue weighted by Gasteiger charge is 2.73. The molecule has 1 unspecified atom stereocenters. The zero-order valence-electron chi connectivity index (χ0n) is 22.9. The molecule has 1 saturated heterocycles. The number of carbonyl (C=O) groups excluding carboxylic acids is 2. The molecular formula is C29H39BO6. The highest BCUT2D eigenvalue weighted by atomic mass is 16.7. The molecule has 4 rings (SSSR count). The van der Waals surface area contributed by atoms with E-state index in [0.29, 0.717) is 18.4 Å². The Balaban J connectivity index is 1.87. The maximum Gasteiger partial charge on any atom is 0.470 e. The SMILES string of the molecule is CCOC(=O)C1(C2(B3OC(C)(C)C(C)(C)O3)C=CC(c3ccccc3)=C(C(=O)OC(C)(C)C)C2)CC1. The average molecular weight is 494 g/mol. The monoisotopic (exact) mass is 494 g/mol. The van der Waals surface area contributed by atoms with E-state index in [2.05, 4.69) is 0 Å². The second-order valence-corrected chi connectivity index (χ2v) is 12.2. The van der Waals surface area contributed by atoms with Gasteiger partial charge in [-0.2, -0.15) is 0 Å². The zero-order valence-corrected chi connectivity index (χ0v) is 22.9. The maximum absolute atomic E-state index is 13.7. The summed E-state index contributed by atoms with van der Waals surface area (Å²) in [4.78, 5) is 27.2. The molecule has 2 aliphatic carbocycles. The van der Waals surface area contributed by atoms with Crippen molar-refractivity contribution in [3.63, 3.8) is 0 Å². The summed E-state index contributed by atoms with van der Waals surface area (Å²) in [6.07, 6.45) is 5.51. The fourth-order valence-corrected chi connectivity index (χ4v) is 5.21. The Bertz CT molecular complexity index is 1070. The molecule has 0 aromatic heterocycles. The van der Waals surface area contributed by atoms with Gasteiger partial charge in [-0.25, -0.2) is 4.79 Å². The number of hydrogen-bond acceptors (Lipinski definition) is 6. The van der Waals surface area contributed by atoms with Gasteiger partial charge < -0.3 is 18.8 Å². The summed E-state index contributed by atoms with van der Waals surface area (Å²) in [6, 6.07) is 9.78. The lowest BCUT2D eigenvalue weighted by molar-refractivity contribution is -0.153. The first-order chi connectivity index (χ1) is 16.7. The molecule has 0 radical (unpaired) electrons. The summed E-state index contributed by atoms with van der Waals surface area (Å²) in [6.45, 7) is 15.7. The molecule has 194 valence electrons. The van der Waals surface area contributed by atoms with Crippen LogP contribution in [-0.2, 0) is 28.4 Å². The predicted molar refractivity (Wildman–Crippen MR) is 140 cm³/mol. The highest BCUT2D eigenvalue weighted by Crippen LogP contribution is 2.71. The lowest BCUT2D eigenvalue weighted by atomic mass is 9.45. The first kappa shape index (κ1) is 26.7. The van der Waals surface area contributed by atoms with Gasteiger partial charge in [0.25, 0.3) is 0 Å². The molecule has 1 saturated carbocycles. The minimum atomic E-state index is -0.922. The van der Waals surface area contributed by atoms with Crippen LogP contribution >= 0.6 is 0 Å². The van der Waals surface area contributed by atoms with Gasteiger partial charge in [-0.1, -0.05) is 42.5 Å². The minimum absolute atomic E-state index is 0.248. The Morgan fingerprint density at radius 1 is 1.00 bits per heavy atom. The number of hydrogen-bond donors (Lipinski definition) is 0. The molecule has 1 aromatic rings. The van der Waals surface area contributed by atoms with E-state index in [4.69, 9.17) is 18.8 Å². The number of rotatable bonds is 6. The Morgan fingerprint density at radius 3 is 2.08 bits per heavy atom. The van der Waals surface area contributed by atoms with Crippen LogP contribution in [0.1, 0.15) is 80.2 Å². The van der Waals surface area contributed by atoms with Gasteiger partial charge in [0.1, 0.15) is 5.60 Å². The van der Waals surface area contributed by atoms with Crippen LogP contribution in [0.5, 0.6) is 0 Å². The first-order valence-corrected chi connectivity index (χ1v) is 12.9. The van der Waals surface area contributed by atoms with Gasteiger partial charge in [-0.15, -0.1) is 0 Å². The maximum atomic E-state index is 13.7. The van der Waals surface area contributed by atoms with Gasteiger partial charge in [-0.3, -0.25) is 4.79 Å². The number of benzene rings is 1. The predicted octanol–water partition coefficient (Wildman–Crippen LogP) is 5.92. The van der Waals surface area contributed by atoms with Crippen molar-refractivity contribution in [2.24, 2.45) is 5.41 Å². The molecule has 1 atom stereocenters. The molecule has 0 amide bonds. The third-order valence-electron chi connectivity index (χ3n) is 8.05. The van der Waals surface area contributed by atoms with Gasteiger partial charge >= 0.3 is 19.1 Å². The van der Waals surface area contributed by atoms with E-state index >= 15 is 0 Å². The molecule has 0 spiro atoms. The number of carbonyl (C=O) groups is 2. The number of ether oxygens (including phenoxy) is 2. The average Bonchev–Trinajstić information content (AvgIpc) is 3.56. The molecule has 6 nitrogen and oxygen atoms in total. The Hall–Kier alpha value is -2.38. The second kappa shape index (κ2) is 8.88. The molecular weight excluding hydrogens is 455 g/mol. The van der Waals surface area contributed by atoms with Gasteiger partial charge in [0.15, 0.2) is 0 Å². The van der Waals surface area contributed by atoms with Gasteiger partial charge in [0.2, 0.25) is 0 Å². The van der Waals surface area contributed by atoms with Crippen LogP contribution in [0.25, 0.3) is 5.57 Å². The van der Waals surface area contributed by atoms with Crippen LogP contribution in [0.3, 0.4) is 0 Å². The molecule has 0 N–H and O–H groups in total. The zero-order chi connectivity index (χ0) is 26.6. The van der Waals surface area contributed by atoms with Gasteiger partial charge in [0.05, 0.1) is 23.2 Å². The quantitative estimate of drug-likeness (QED) is 0.361. The second-order valence-electron chi connectivity index (χ2n) is 12.2. The van der Waals surface area contributed by atoms with E-state index < -0.39 is 40.6 Å².